The van der Waals surface area contributed by atoms with E-state index in [2.05, 4.69) is 16.9 Å². The highest BCUT2D eigenvalue weighted by molar-refractivity contribution is 7.17. The van der Waals surface area contributed by atoms with Gasteiger partial charge in [-0.05, 0) is 43.2 Å². The Balaban J connectivity index is 1.90. The minimum absolute atomic E-state index is 0.117. The summed E-state index contributed by atoms with van der Waals surface area (Å²) >= 11 is 0.927. The van der Waals surface area contributed by atoms with Crippen molar-refractivity contribution in [1.29, 1.82) is 0 Å². The van der Waals surface area contributed by atoms with Crippen molar-refractivity contribution in [2.45, 2.75) is 32.7 Å². The number of aliphatic hydroxyl groups is 1. The van der Waals surface area contributed by atoms with Crippen molar-refractivity contribution in [2.24, 2.45) is 0 Å². The number of Topliss-reactive ketones (excluding diaryl/α,β-unsaturated/α-hetero) is 1. The number of thiazole rings is 1. The number of methoxy groups -OCH3 is 2. The zero-order valence-electron chi connectivity index (χ0n) is 21.4. The van der Waals surface area contributed by atoms with E-state index in [-0.39, 0.29) is 21.3 Å². The summed E-state index contributed by atoms with van der Waals surface area (Å²) in [6.45, 7) is 4.17. The van der Waals surface area contributed by atoms with Crippen LogP contribution in [0, 0.1) is 6.92 Å². The number of carbonyl (C=O) groups is 3. The minimum Gasteiger partial charge on any atom is -0.507 e. The summed E-state index contributed by atoms with van der Waals surface area (Å²) < 4.78 is 16.2. The SMILES string of the molecule is CCCCOc1ccc(C2C(=C(O)c3ccncc3)C(=O)C(=O)N2c2nc(C)c(C(=O)OC)s2)cc1OC. The maximum Gasteiger partial charge on any atom is 0.350 e. The van der Waals surface area contributed by atoms with Crippen LogP contribution in [0.3, 0.4) is 0 Å². The number of hydrogen-bond donors (Lipinski definition) is 1. The van der Waals surface area contributed by atoms with Crippen molar-refractivity contribution >= 4 is 39.9 Å². The van der Waals surface area contributed by atoms with Gasteiger partial charge in [0, 0.05) is 18.0 Å². The summed E-state index contributed by atoms with van der Waals surface area (Å²) in [6.07, 6.45) is 4.77. The lowest BCUT2D eigenvalue weighted by atomic mass is 9.95. The molecule has 1 fully saturated rings. The average Bonchev–Trinajstić information content (AvgIpc) is 3.44. The first-order valence-corrected chi connectivity index (χ1v) is 12.7. The summed E-state index contributed by atoms with van der Waals surface area (Å²) in [6, 6.07) is 7.07. The van der Waals surface area contributed by atoms with E-state index < -0.39 is 23.7 Å². The molecule has 10 nitrogen and oxygen atoms in total. The first-order chi connectivity index (χ1) is 18.3. The summed E-state index contributed by atoms with van der Waals surface area (Å²) in [5.41, 5.74) is 1.02. The molecule has 1 saturated heterocycles. The molecule has 198 valence electrons. The van der Waals surface area contributed by atoms with Crippen molar-refractivity contribution in [3.05, 3.63) is 70.0 Å². The number of amides is 1. The third-order valence-electron chi connectivity index (χ3n) is 6.02. The summed E-state index contributed by atoms with van der Waals surface area (Å²) in [4.78, 5) is 48.8. The first kappa shape index (κ1) is 26.8. The summed E-state index contributed by atoms with van der Waals surface area (Å²) in [5, 5.41) is 11.3. The Labute approximate surface area is 223 Å². The zero-order valence-corrected chi connectivity index (χ0v) is 22.2. The maximum absolute atomic E-state index is 13.4. The zero-order chi connectivity index (χ0) is 27.4. The number of rotatable bonds is 9. The molecule has 1 unspecified atom stereocenters. The Kier molecular flexibility index (Phi) is 8.06. The number of unbranched alkanes of at least 4 members (excludes halogenated alkanes) is 1. The molecular formula is C27H27N3O7S. The van der Waals surface area contributed by atoms with Gasteiger partial charge in [0.25, 0.3) is 5.78 Å². The molecule has 1 aromatic carbocycles. The van der Waals surface area contributed by atoms with E-state index in [1.165, 1.54) is 43.6 Å². The van der Waals surface area contributed by atoms with Crippen LogP contribution in [0.4, 0.5) is 5.13 Å². The minimum atomic E-state index is -1.06. The highest BCUT2D eigenvalue weighted by Crippen LogP contribution is 2.45. The Bertz CT molecular complexity index is 1400. The molecule has 0 radical (unpaired) electrons. The van der Waals surface area contributed by atoms with Gasteiger partial charge in [-0.2, -0.15) is 0 Å². The molecule has 1 N–H and O–H groups in total. The fourth-order valence-corrected chi connectivity index (χ4v) is 5.09. The molecule has 0 bridgehead atoms. The number of anilines is 1. The number of aromatic nitrogens is 2. The third-order valence-corrected chi connectivity index (χ3v) is 7.16. The molecule has 38 heavy (non-hydrogen) atoms. The van der Waals surface area contributed by atoms with Crippen LogP contribution in [-0.2, 0) is 14.3 Å². The number of ether oxygens (including phenoxy) is 3. The van der Waals surface area contributed by atoms with Gasteiger partial charge in [-0.3, -0.25) is 19.5 Å². The first-order valence-electron chi connectivity index (χ1n) is 11.9. The molecule has 1 aliphatic rings. The highest BCUT2D eigenvalue weighted by atomic mass is 32.1. The van der Waals surface area contributed by atoms with Crippen LogP contribution in [0.15, 0.2) is 48.3 Å². The molecule has 0 saturated carbocycles. The van der Waals surface area contributed by atoms with E-state index in [1.807, 2.05) is 0 Å². The Morgan fingerprint density at radius 1 is 1.13 bits per heavy atom. The standard InChI is InChI=1S/C27H27N3O7S/c1-5-6-13-37-18-8-7-17(14-19(18)35-3)21-20(22(31)16-9-11-28-12-10-16)23(32)25(33)30(21)27-29-15(2)24(38-27)26(34)36-4/h7-12,14,21,31H,5-6,13H2,1-4H3. The topological polar surface area (TPSA) is 128 Å². The van der Waals surface area contributed by atoms with Gasteiger partial charge in [-0.15, -0.1) is 0 Å². The van der Waals surface area contributed by atoms with Crippen molar-refractivity contribution in [3.63, 3.8) is 0 Å². The average molecular weight is 538 g/mol. The predicted octanol–water partition coefficient (Wildman–Crippen LogP) is 4.45. The lowest BCUT2D eigenvalue weighted by Crippen LogP contribution is -2.29. The molecule has 4 rings (SSSR count). The van der Waals surface area contributed by atoms with Crippen LogP contribution in [-0.4, -0.2) is 53.6 Å². The molecule has 2 aromatic heterocycles. The van der Waals surface area contributed by atoms with Crippen molar-refractivity contribution in [3.8, 4) is 11.5 Å². The molecule has 11 heteroatoms. The van der Waals surface area contributed by atoms with Gasteiger partial charge in [0.05, 0.1) is 38.1 Å². The molecular weight excluding hydrogens is 510 g/mol. The Morgan fingerprint density at radius 3 is 2.53 bits per heavy atom. The molecule has 1 atom stereocenters. The number of benzene rings is 1. The number of hydrogen-bond acceptors (Lipinski definition) is 10. The Morgan fingerprint density at radius 2 is 1.87 bits per heavy atom. The Hall–Kier alpha value is -4.25. The van der Waals surface area contributed by atoms with E-state index in [0.29, 0.717) is 34.9 Å². The van der Waals surface area contributed by atoms with E-state index in [4.69, 9.17) is 14.2 Å². The molecule has 0 spiro atoms. The van der Waals surface area contributed by atoms with E-state index >= 15 is 0 Å². The molecule has 0 aliphatic carbocycles. The van der Waals surface area contributed by atoms with Crippen LogP contribution in [0.1, 0.15) is 52.3 Å². The number of pyridine rings is 1. The number of esters is 1. The van der Waals surface area contributed by atoms with Crippen LogP contribution >= 0.6 is 11.3 Å². The molecule has 1 aliphatic heterocycles. The number of ketones is 1. The lowest BCUT2D eigenvalue weighted by Gasteiger charge is -2.24. The van der Waals surface area contributed by atoms with Crippen molar-refractivity contribution in [2.75, 3.05) is 25.7 Å². The fraction of sp³-hybridized carbons (Fsp3) is 0.296. The lowest BCUT2D eigenvalue weighted by molar-refractivity contribution is -0.132. The van der Waals surface area contributed by atoms with Gasteiger partial charge in [0.15, 0.2) is 16.6 Å². The summed E-state index contributed by atoms with van der Waals surface area (Å²) in [7, 11) is 2.74. The van der Waals surface area contributed by atoms with Gasteiger partial charge < -0.3 is 19.3 Å². The quantitative estimate of drug-likeness (QED) is 0.138. The maximum atomic E-state index is 13.4. The van der Waals surface area contributed by atoms with Crippen LogP contribution in [0.25, 0.3) is 5.76 Å². The third kappa shape index (κ3) is 4.97. The molecule has 3 aromatic rings. The van der Waals surface area contributed by atoms with Crippen molar-refractivity contribution in [1.82, 2.24) is 9.97 Å². The number of carbonyl (C=O) groups excluding carboxylic acids is 3. The normalized spacial score (nSPS) is 16.5. The van der Waals surface area contributed by atoms with Crippen LogP contribution in [0.2, 0.25) is 0 Å². The second-order valence-corrected chi connectivity index (χ2v) is 9.40. The predicted molar refractivity (Wildman–Crippen MR) is 141 cm³/mol. The van der Waals surface area contributed by atoms with Gasteiger partial charge >= 0.3 is 11.9 Å². The van der Waals surface area contributed by atoms with Gasteiger partial charge in [-0.25, -0.2) is 9.78 Å². The van der Waals surface area contributed by atoms with Gasteiger partial charge in [0.2, 0.25) is 0 Å². The number of aryl methyl sites for hydroxylation is 1. The number of nitrogens with zero attached hydrogens (tertiary/aromatic N) is 3. The summed E-state index contributed by atoms with van der Waals surface area (Å²) in [5.74, 6) is -1.84. The second kappa shape index (κ2) is 11.4. The van der Waals surface area contributed by atoms with Gasteiger partial charge in [0.1, 0.15) is 10.6 Å². The monoisotopic (exact) mass is 537 g/mol. The van der Waals surface area contributed by atoms with Crippen LogP contribution in [0.5, 0.6) is 11.5 Å². The molecule has 1 amide bonds. The largest absolute Gasteiger partial charge is 0.507 e. The fourth-order valence-electron chi connectivity index (χ4n) is 4.08. The second-order valence-electron chi connectivity index (χ2n) is 8.42. The van der Waals surface area contributed by atoms with E-state index in [9.17, 15) is 19.5 Å². The highest BCUT2D eigenvalue weighted by Gasteiger charge is 2.48. The van der Waals surface area contributed by atoms with Crippen LogP contribution < -0.4 is 14.4 Å². The molecule has 3 heterocycles. The smallest absolute Gasteiger partial charge is 0.350 e. The van der Waals surface area contributed by atoms with E-state index in [1.54, 1.807) is 25.1 Å². The van der Waals surface area contributed by atoms with Gasteiger partial charge in [-0.1, -0.05) is 30.7 Å². The van der Waals surface area contributed by atoms with Crippen molar-refractivity contribution < 1.29 is 33.7 Å². The number of aliphatic hydroxyl groups excluding tert-OH is 1. The van der Waals surface area contributed by atoms with E-state index in [0.717, 1.165) is 24.2 Å².